The van der Waals surface area contributed by atoms with E-state index in [4.69, 9.17) is 4.74 Å². The summed E-state index contributed by atoms with van der Waals surface area (Å²) in [4.78, 5) is 0. The van der Waals surface area contributed by atoms with Crippen molar-refractivity contribution in [2.75, 3.05) is 6.61 Å². The Kier molecular flexibility index (Phi) is 3.95. The van der Waals surface area contributed by atoms with Gasteiger partial charge in [0.15, 0.2) is 0 Å². The maximum atomic E-state index is 5.98. The molecule has 4 atom stereocenters. The third-order valence-corrected chi connectivity index (χ3v) is 5.66. The van der Waals surface area contributed by atoms with Crippen molar-refractivity contribution in [1.82, 2.24) is 5.32 Å². The zero-order chi connectivity index (χ0) is 14.3. The van der Waals surface area contributed by atoms with Crippen molar-refractivity contribution in [3.05, 3.63) is 34.3 Å². The van der Waals surface area contributed by atoms with Crippen LogP contribution in [0.1, 0.15) is 45.2 Å². The highest BCUT2D eigenvalue weighted by Gasteiger charge is 2.57. The lowest BCUT2D eigenvalue weighted by molar-refractivity contribution is -0.194. The number of benzene rings is 1. The molecule has 0 aromatic heterocycles. The fourth-order valence-electron chi connectivity index (χ4n) is 3.98. The molecule has 0 spiro atoms. The SMILES string of the molecule is CC(NC1C2CCCOC2C1(C)C)c1ccc(Br)cc1. The summed E-state index contributed by atoms with van der Waals surface area (Å²) in [6, 6.07) is 9.57. The Morgan fingerprint density at radius 3 is 2.70 bits per heavy atom. The summed E-state index contributed by atoms with van der Waals surface area (Å²) < 4.78 is 7.12. The van der Waals surface area contributed by atoms with Gasteiger partial charge >= 0.3 is 0 Å². The largest absolute Gasteiger partial charge is 0.377 e. The Bertz CT molecular complexity index is 470. The van der Waals surface area contributed by atoms with Gasteiger partial charge in [0.2, 0.25) is 0 Å². The van der Waals surface area contributed by atoms with Gasteiger partial charge in [-0.05, 0) is 37.5 Å². The van der Waals surface area contributed by atoms with E-state index in [1.807, 2.05) is 0 Å². The molecule has 0 radical (unpaired) electrons. The van der Waals surface area contributed by atoms with Gasteiger partial charge in [0.25, 0.3) is 0 Å². The van der Waals surface area contributed by atoms with Gasteiger partial charge in [-0.25, -0.2) is 0 Å². The summed E-state index contributed by atoms with van der Waals surface area (Å²) in [5.41, 5.74) is 1.60. The molecular weight excluding hydrogens is 314 g/mol. The monoisotopic (exact) mass is 337 g/mol. The first-order valence-electron chi connectivity index (χ1n) is 7.63. The van der Waals surface area contributed by atoms with Gasteiger partial charge in [-0.2, -0.15) is 0 Å². The molecule has 1 aromatic carbocycles. The number of rotatable bonds is 3. The Hall–Kier alpha value is -0.380. The zero-order valence-electron chi connectivity index (χ0n) is 12.5. The van der Waals surface area contributed by atoms with Crippen LogP contribution in [0.3, 0.4) is 0 Å². The molecule has 1 heterocycles. The highest BCUT2D eigenvalue weighted by Crippen LogP contribution is 2.51. The van der Waals surface area contributed by atoms with Crippen molar-refractivity contribution >= 4 is 15.9 Å². The molecule has 1 aliphatic carbocycles. The van der Waals surface area contributed by atoms with Crippen molar-refractivity contribution in [1.29, 1.82) is 0 Å². The first kappa shape index (κ1) is 14.6. The van der Waals surface area contributed by atoms with E-state index in [9.17, 15) is 0 Å². The summed E-state index contributed by atoms with van der Waals surface area (Å²) in [6.07, 6.45) is 2.96. The van der Waals surface area contributed by atoms with Crippen LogP contribution in [0.15, 0.2) is 28.7 Å². The molecule has 1 aromatic rings. The Balaban J connectivity index is 1.69. The van der Waals surface area contributed by atoms with E-state index in [0.717, 1.165) is 11.1 Å². The highest BCUT2D eigenvalue weighted by molar-refractivity contribution is 9.10. The van der Waals surface area contributed by atoms with E-state index in [1.54, 1.807) is 0 Å². The van der Waals surface area contributed by atoms with E-state index in [1.165, 1.54) is 18.4 Å². The van der Waals surface area contributed by atoms with Gasteiger partial charge in [0, 0.05) is 34.5 Å². The van der Waals surface area contributed by atoms with Gasteiger partial charge in [-0.1, -0.05) is 41.9 Å². The van der Waals surface area contributed by atoms with Gasteiger partial charge in [-0.15, -0.1) is 0 Å². The molecule has 1 aliphatic heterocycles. The molecule has 3 heteroatoms. The minimum absolute atomic E-state index is 0.245. The molecule has 2 aliphatic rings. The van der Waals surface area contributed by atoms with Crippen molar-refractivity contribution in [3.63, 3.8) is 0 Å². The smallest absolute Gasteiger partial charge is 0.0684 e. The van der Waals surface area contributed by atoms with Gasteiger partial charge in [0.1, 0.15) is 0 Å². The minimum Gasteiger partial charge on any atom is -0.377 e. The first-order chi connectivity index (χ1) is 9.50. The second-order valence-corrected chi connectivity index (χ2v) is 7.75. The lowest BCUT2D eigenvalue weighted by atomic mass is 9.55. The zero-order valence-corrected chi connectivity index (χ0v) is 14.1. The first-order valence-corrected chi connectivity index (χ1v) is 8.42. The molecule has 3 rings (SSSR count). The van der Waals surface area contributed by atoms with E-state index < -0.39 is 0 Å². The molecule has 1 saturated carbocycles. The second kappa shape index (κ2) is 5.43. The number of hydrogen-bond acceptors (Lipinski definition) is 2. The van der Waals surface area contributed by atoms with Crippen LogP contribution in [-0.2, 0) is 4.74 Å². The lowest BCUT2D eigenvalue weighted by Crippen LogP contribution is -2.69. The lowest BCUT2D eigenvalue weighted by Gasteiger charge is -2.60. The van der Waals surface area contributed by atoms with E-state index >= 15 is 0 Å². The molecule has 2 nitrogen and oxygen atoms in total. The molecule has 1 saturated heterocycles. The van der Waals surface area contributed by atoms with Crippen molar-refractivity contribution < 1.29 is 4.74 Å². The molecule has 0 amide bonds. The summed E-state index contributed by atoms with van der Waals surface area (Å²) >= 11 is 3.50. The maximum Gasteiger partial charge on any atom is 0.0684 e. The Morgan fingerprint density at radius 1 is 1.30 bits per heavy atom. The number of fused-ring (bicyclic) bond motifs is 1. The van der Waals surface area contributed by atoms with E-state index in [2.05, 4.69) is 66.3 Å². The number of halogens is 1. The molecule has 0 bridgehead atoms. The van der Waals surface area contributed by atoms with Crippen LogP contribution in [0.4, 0.5) is 0 Å². The predicted octanol–water partition coefficient (Wildman–Crippen LogP) is 4.30. The molecule has 110 valence electrons. The van der Waals surface area contributed by atoms with Crippen LogP contribution < -0.4 is 5.32 Å². The van der Waals surface area contributed by atoms with Crippen molar-refractivity contribution in [2.24, 2.45) is 11.3 Å². The van der Waals surface area contributed by atoms with E-state index in [0.29, 0.717) is 24.1 Å². The van der Waals surface area contributed by atoms with Gasteiger partial charge < -0.3 is 10.1 Å². The van der Waals surface area contributed by atoms with Crippen LogP contribution in [0.25, 0.3) is 0 Å². The average Bonchev–Trinajstić information content (AvgIpc) is 2.45. The maximum absolute atomic E-state index is 5.98. The van der Waals surface area contributed by atoms with E-state index in [-0.39, 0.29) is 5.41 Å². The van der Waals surface area contributed by atoms with Crippen LogP contribution in [0.5, 0.6) is 0 Å². The fourth-order valence-corrected chi connectivity index (χ4v) is 4.24. The average molecular weight is 338 g/mol. The normalized spacial score (nSPS) is 33.1. The number of hydrogen-bond donors (Lipinski definition) is 1. The number of nitrogens with one attached hydrogen (secondary N) is 1. The Labute approximate surface area is 130 Å². The van der Waals surface area contributed by atoms with Gasteiger partial charge in [0.05, 0.1) is 6.10 Å². The summed E-state index contributed by atoms with van der Waals surface area (Å²) in [5, 5.41) is 3.85. The highest BCUT2D eigenvalue weighted by atomic mass is 79.9. The second-order valence-electron chi connectivity index (χ2n) is 6.84. The van der Waals surface area contributed by atoms with Crippen LogP contribution in [0.2, 0.25) is 0 Å². The van der Waals surface area contributed by atoms with Crippen LogP contribution in [0, 0.1) is 11.3 Å². The molecule has 2 fully saturated rings. The van der Waals surface area contributed by atoms with Crippen molar-refractivity contribution in [3.8, 4) is 0 Å². The predicted molar refractivity (Wildman–Crippen MR) is 85.7 cm³/mol. The molecular formula is C17H24BrNO. The summed E-state index contributed by atoms with van der Waals surface area (Å²) in [5.74, 6) is 0.691. The summed E-state index contributed by atoms with van der Waals surface area (Å²) in [6.45, 7) is 7.88. The van der Waals surface area contributed by atoms with Crippen molar-refractivity contribution in [2.45, 2.75) is 51.8 Å². The Morgan fingerprint density at radius 2 is 2.00 bits per heavy atom. The molecule has 1 N–H and O–H groups in total. The third kappa shape index (κ3) is 2.44. The molecule has 4 unspecified atom stereocenters. The fraction of sp³-hybridized carbons (Fsp3) is 0.647. The standard InChI is InChI=1S/C17H24BrNO/c1-11(12-6-8-13(18)9-7-12)19-15-14-5-4-10-20-16(14)17(15,2)3/h6-9,11,14-16,19H,4-5,10H2,1-3H3. The quantitative estimate of drug-likeness (QED) is 0.887. The molecule has 20 heavy (non-hydrogen) atoms. The third-order valence-electron chi connectivity index (χ3n) is 5.13. The number of ether oxygens (including phenoxy) is 1. The van der Waals surface area contributed by atoms with Crippen LogP contribution in [-0.4, -0.2) is 18.8 Å². The summed E-state index contributed by atoms with van der Waals surface area (Å²) in [7, 11) is 0. The minimum atomic E-state index is 0.245. The van der Waals surface area contributed by atoms with Crippen LogP contribution >= 0.6 is 15.9 Å². The van der Waals surface area contributed by atoms with Gasteiger partial charge in [-0.3, -0.25) is 0 Å². The topological polar surface area (TPSA) is 21.3 Å².